The Kier molecular flexibility index (Phi) is 13.9. The molecule has 12 heteroatoms. The van der Waals surface area contributed by atoms with Crippen LogP contribution in [0, 0.1) is 11.8 Å². The maximum atomic E-state index is 12.9. The van der Waals surface area contributed by atoms with Gasteiger partial charge in [-0.2, -0.15) is 0 Å². The fourth-order valence-electron chi connectivity index (χ4n) is 3.11. The van der Waals surface area contributed by atoms with E-state index in [2.05, 4.69) is 16.0 Å². The number of carbonyl (C=O) groups excluding carboxylic acids is 4. The third kappa shape index (κ3) is 12.2. The Morgan fingerprint density at radius 2 is 1.39 bits per heavy atom. The number of amides is 4. The van der Waals surface area contributed by atoms with Gasteiger partial charge in [0, 0.05) is 0 Å². The van der Waals surface area contributed by atoms with Crippen LogP contribution in [0.4, 0.5) is 0 Å². The standard InChI is InChI=1S/C21H40N6O6/c1-11(2)9-13(23)18(29)25-14(7-5-6-8-22)19(30)26-15(10-16(24)28)20(31)27-17(12(3)4)21(32)33/h11-15,17H,5-10,22-23H2,1-4H3,(H2,24,28)(H,25,29)(H,26,30)(H,27,31)(H,32,33). The van der Waals surface area contributed by atoms with Crippen molar-refractivity contribution in [3.63, 3.8) is 0 Å². The molecule has 0 bridgehead atoms. The molecule has 12 nitrogen and oxygen atoms in total. The Bertz CT molecular complexity index is 684. The molecule has 0 aromatic rings. The van der Waals surface area contributed by atoms with Gasteiger partial charge in [0.15, 0.2) is 0 Å². The van der Waals surface area contributed by atoms with Gasteiger partial charge in [-0.15, -0.1) is 0 Å². The molecule has 4 amide bonds. The smallest absolute Gasteiger partial charge is 0.326 e. The highest BCUT2D eigenvalue weighted by molar-refractivity contribution is 5.96. The first-order valence-electron chi connectivity index (χ1n) is 11.2. The van der Waals surface area contributed by atoms with Crippen molar-refractivity contribution in [3.05, 3.63) is 0 Å². The van der Waals surface area contributed by atoms with Crippen LogP contribution in [0.2, 0.25) is 0 Å². The molecule has 0 saturated carbocycles. The summed E-state index contributed by atoms with van der Waals surface area (Å²) in [6, 6.07) is -4.47. The van der Waals surface area contributed by atoms with Crippen molar-refractivity contribution in [2.24, 2.45) is 29.0 Å². The Morgan fingerprint density at radius 3 is 1.85 bits per heavy atom. The molecule has 0 radical (unpaired) electrons. The summed E-state index contributed by atoms with van der Waals surface area (Å²) in [4.78, 5) is 60.9. The van der Waals surface area contributed by atoms with Crippen LogP contribution >= 0.6 is 0 Å². The fraction of sp³-hybridized carbons (Fsp3) is 0.762. The number of rotatable bonds is 16. The van der Waals surface area contributed by atoms with Gasteiger partial charge in [-0.05, 0) is 44.1 Å². The minimum absolute atomic E-state index is 0.169. The maximum absolute atomic E-state index is 12.9. The average Bonchev–Trinajstić information content (AvgIpc) is 2.68. The molecule has 0 heterocycles. The predicted molar refractivity (Wildman–Crippen MR) is 122 cm³/mol. The van der Waals surface area contributed by atoms with Crippen molar-refractivity contribution in [1.29, 1.82) is 0 Å². The Hall–Kier alpha value is -2.73. The SMILES string of the molecule is CC(C)CC(N)C(=O)NC(CCCCN)C(=O)NC(CC(N)=O)C(=O)NC(C(=O)O)C(C)C. The molecule has 0 aliphatic rings. The first-order chi connectivity index (χ1) is 15.3. The summed E-state index contributed by atoms with van der Waals surface area (Å²) in [5.41, 5.74) is 16.6. The van der Waals surface area contributed by atoms with Crippen LogP contribution < -0.4 is 33.2 Å². The van der Waals surface area contributed by atoms with Gasteiger partial charge < -0.3 is 38.3 Å². The summed E-state index contributed by atoms with van der Waals surface area (Å²) in [6.45, 7) is 7.42. The number of carbonyl (C=O) groups is 5. The van der Waals surface area contributed by atoms with Crippen LogP contribution in [-0.4, -0.2) is 65.4 Å². The minimum Gasteiger partial charge on any atom is -0.480 e. The molecule has 0 aliphatic heterocycles. The molecular formula is C21H40N6O6. The lowest BCUT2D eigenvalue weighted by molar-refractivity contribution is -0.143. The molecule has 0 rings (SSSR count). The number of primary amides is 1. The Labute approximate surface area is 194 Å². The van der Waals surface area contributed by atoms with Gasteiger partial charge in [0.1, 0.15) is 18.1 Å². The molecule has 0 fully saturated rings. The minimum atomic E-state index is -1.41. The van der Waals surface area contributed by atoms with Crippen molar-refractivity contribution in [1.82, 2.24) is 16.0 Å². The number of hydrogen-bond donors (Lipinski definition) is 7. The Balaban J connectivity index is 5.51. The van der Waals surface area contributed by atoms with E-state index in [-0.39, 0.29) is 12.3 Å². The van der Waals surface area contributed by atoms with Gasteiger partial charge in [-0.3, -0.25) is 19.2 Å². The largest absolute Gasteiger partial charge is 0.480 e. The van der Waals surface area contributed by atoms with E-state index in [1.165, 1.54) is 0 Å². The number of carboxylic acids is 1. The van der Waals surface area contributed by atoms with E-state index in [1.54, 1.807) is 13.8 Å². The van der Waals surface area contributed by atoms with Gasteiger partial charge in [0.25, 0.3) is 0 Å². The molecule has 190 valence electrons. The molecule has 0 saturated heterocycles. The normalized spacial score (nSPS) is 14.8. The number of unbranched alkanes of at least 4 members (excludes halogenated alkanes) is 1. The van der Waals surface area contributed by atoms with Crippen LogP contribution in [0.3, 0.4) is 0 Å². The van der Waals surface area contributed by atoms with E-state index in [0.717, 1.165) is 0 Å². The van der Waals surface area contributed by atoms with Crippen LogP contribution in [0.25, 0.3) is 0 Å². The van der Waals surface area contributed by atoms with Crippen molar-refractivity contribution < 1.29 is 29.1 Å². The quantitative estimate of drug-likeness (QED) is 0.131. The monoisotopic (exact) mass is 472 g/mol. The van der Waals surface area contributed by atoms with Gasteiger partial charge in [-0.25, -0.2) is 4.79 Å². The lowest BCUT2D eigenvalue weighted by atomic mass is 10.0. The van der Waals surface area contributed by atoms with E-state index in [1.807, 2.05) is 13.8 Å². The van der Waals surface area contributed by atoms with E-state index in [4.69, 9.17) is 17.2 Å². The van der Waals surface area contributed by atoms with Crippen molar-refractivity contribution in [2.75, 3.05) is 6.54 Å². The molecule has 0 aromatic heterocycles. The number of nitrogens with one attached hydrogen (secondary N) is 3. The molecule has 0 spiro atoms. The highest BCUT2D eigenvalue weighted by atomic mass is 16.4. The summed E-state index contributed by atoms with van der Waals surface area (Å²) in [5.74, 6) is -4.49. The van der Waals surface area contributed by atoms with Gasteiger partial charge >= 0.3 is 5.97 Å². The number of carboxylic acid groups (broad SMARTS) is 1. The van der Waals surface area contributed by atoms with E-state index >= 15 is 0 Å². The molecule has 10 N–H and O–H groups in total. The van der Waals surface area contributed by atoms with Crippen LogP contribution in [-0.2, 0) is 24.0 Å². The lowest BCUT2D eigenvalue weighted by Crippen LogP contribution is -2.58. The number of nitrogens with two attached hydrogens (primary N) is 3. The summed E-state index contributed by atoms with van der Waals surface area (Å²) >= 11 is 0. The van der Waals surface area contributed by atoms with Crippen LogP contribution in [0.1, 0.15) is 59.8 Å². The molecular weight excluding hydrogens is 432 g/mol. The second-order valence-corrected chi connectivity index (χ2v) is 8.88. The van der Waals surface area contributed by atoms with E-state index in [0.29, 0.717) is 25.8 Å². The summed E-state index contributed by atoms with van der Waals surface area (Å²) in [5, 5.41) is 16.6. The van der Waals surface area contributed by atoms with Gasteiger partial charge in [0.2, 0.25) is 23.6 Å². The van der Waals surface area contributed by atoms with E-state index in [9.17, 15) is 29.1 Å². The topological polar surface area (TPSA) is 220 Å². The molecule has 0 aliphatic carbocycles. The second-order valence-electron chi connectivity index (χ2n) is 8.88. The molecule has 4 atom stereocenters. The third-order valence-corrected chi connectivity index (χ3v) is 4.91. The summed E-state index contributed by atoms with van der Waals surface area (Å²) in [6.07, 6.45) is 1.24. The highest BCUT2D eigenvalue weighted by Crippen LogP contribution is 2.07. The zero-order valence-electron chi connectivity index (χ0n) is 19.9. The lowest BCUT2D eigenvalue weighted by Gasteiger charge is -2.25. The first-order valence-corrected chi connectivity index (χ1v) is 11.2. The van der Waals surface area contributed by atoms with E-state index < -0.39 is 66.1 Å². The fourth-order valence-corrected chi connectivity index (χ4v) is 3.11. The van der Waals surface area contributed by atoms with Crippen molar-refractivity contribution in [2.45, 2.75) is 84.0 Å². The molecule has 4 unspecified atom stereocenters. The zero-order chi connectivity index (χ0) is 25.7. The predicted octanol–water partition coefficient (Wildman–Crippen LogP) is -1.44. The van der Waals surface area contributed by atoms with Crippen molar-refractivity contribution >= 4 is 29.6 Å². The second kappa shape index (κ2) is 15.2. The molecule has 0 aromatic carbocycles. The number of aliphatic carboxylic acids is 1. The molecule has 33 heavy (non-hydrogen) atoms. The highest BCUT2D eigenvalue weighted by Gasteiger charge is 2.32. The van der Waals surface area contributed by atoms with Crippen molar-refractivity contribution in [3.8, 4) is 0 Å². The Morgan fingerprint density at radius 1 is 0.848 bits per heavy atom. The van der Waals surface area contributed by atoms with Gasteiger partial charge in [0.05, 0.1) is 12.5 Å². The third-order valence-electron chi connectivity index (χ3n) is 4.91. The van der Waals surface area contributed by atoms with Crippen LogP contribution in [0.5, 0.6) is 0 Å². The van der Waals surface area contributed by atoms with Gasteiger partial charge in [-0.1, -0.05) is 27.7 Å². The number of hydrogen-bond acceptors (Lipinski definition) is 7. The van der Waals surface area contributed by atoms with Crippen LogP contribution in [0.15, 0.2) is 0 Å². The summed E-state index contributed by atoms with van der Waals surface area (Å²) in [7, 11) is 0. The average molecular weight is 473 g/mol. The summed E-state index contributed by atoms with van der Waals surface area (Å²) < 4.78 is 0. The maximum Gasteiger partial charge on any atom is 0.326 e. The first kappa shape index (κ1) is 30.3. The zero-order valence-corrected chi connectivity index (χ0v) is 19.9.